The Morgan fingerprint density at radius 1 is 1.08 bits per heavy atom. The highest BCUT2D eigenvalue weighted by molar-refractivity contribution is 7.99. The Labute approximate surface area is 148 Å². The molecule has 3 nitrogen and oxygen atoms in total. The molecule has 3 aromatic rings. The van der Waals surface area contributed by atoms with Crippen molar-refractivity contribution in [1.82, 2.24) is 14.5 Å². The summed E-state index contributed by atoms with van der Waals surface area (Å²) in [5, 5.41) is 0. The number of hydrogen-bond donors (Lipinski definition) is 0. The Hall–Kier alpha value is -1.81. The third-order valence-electron chi connectivity index (χ3n) is 4.46. The maximum Gasteiger partial charge on any atom is 0.109 e. The molecule has 0 aliphatic heterocycles. The van der Waals surface area contributed by atoms with Crippen LogP contribution in [0, 0.1) is 13.8 Å². The Balaban J connectivity index is 1.65. The van der Waals surface area contributed by atoms with Gasteiger partial charge in [-0.1, -0.05) is 25.1 Å². The molecule has 0 unspecified atom stereocenters. The summed E-state index contributed by atoms with van der Waals surface area (Å²) in [6, 6.07) is 10.6. The second-order valence-electron chi connectivity index (χ2n) is 6.10. The molecule has 1 aromatic carbocycles. The topological polar surface area (TPSA) is 30.7 Å². The molecule has 4 heteroatoms. The summed E-state index contributed by atoms with van der Waals surface area (Å²) in [5.74, 6) is 2.34. The van der Waals surface area contributed by atoms with Crippen LogP contribution in [0.4, 0.5) is 0 Å². The Morgan fingerprint density at radius 2 is 1.88 bits per heavy atom. The van der Waals surface area contributed by atoms with Crippen molar-refractivity contribution in [3.8, 4) is 0 Å². The standard InChI is InChI=1S/C20H25N3S/c1-4-19-22-18-14-21-16(3)15(2)20(18)23(19)12-8-9-13-24-17-10-6-5-7-11-17/h5-7,10-11,14H,4,8-9,12-13H2,1-3H3. The number of thioether (sulfide) groups is 1. The van der Waals surface area contributed by atoms with Crippen LogP contribution in [0.2, 0.25) is 0 Å². The van der Waals surface area contributed by atoms with Crippen molar-refractivity contribution in [3.63, 3.8) is 0 Å². The maximum atomic E-state index is 4.77. The molecule has 2 heterocycles. The monoisotopic (exact) mass is 339 g/mol. The van der Waals surface area contributed by atoms with E-state index in [0.717, 1.165) is 29.9 Å². The van der Waals surface area contributed by atoms with Crippen molar-refractivity contribution in [2.75, 3.05) is 5.75 Å². The van der Waals surface area contributed by atoms with Crippen LogP contribution in [-0.2, 0) is 13.0 Å². The van der Waals surface area contributed by atoms with Crippen LogP contribution in [0.25, 0.3) is 11.0 Å². The first-order chi connectivity index (χ1) is 11.7. The van der Waals surface area contributed by atoms with Gasteiger partial charge in [0.1, 0.15) is 11.3 Å². The van der Waals surface area contributed by atoms with Gasteiger partial charge in [0.25, 0.3) is 0 Å². The molecule has 2 aromatic heterocycles. The van der Waals surface area contributed by atoms with Crippen molar-refractivity contribution < 1.29 is 0 Å². The smallest absolute Gasteiger partial charge is 0.109 e. The van der Waals surface area contributed by atoms with Gasteiger partial charge in [-0.25, -0.2) is 4.98 Å². The second kappa shape index (κ2) is 7.84. The van der Waals surface area contributed by atoms with E-state index in [0.29, 0.717) is 0 Å². The van der Waals surface area contributed by atoms with E-state index in [2.05, 4.69) is 60.7 Å². The van der Waals surface area contributed by atoms with Gasteiger partial charge in [0.2, 0.25) is 0 Å². The largest absolute Gasteiger partial charge is 0.328 e. The van der Waals surface area contributed by atoms with Gasteiger partial charge in [-0.05, 0) is 50.1 Å². The summed E-state index contributed by atoms with van der Waals surface area (Å²) >= 11 is 1.94. The lowest BCUT2D eigenvalue weighted by Gasteiger charge is -2.10. The highest BCUT2D eigenvalue weighted by Gasteiger charge is 2.13. The third kappa shape index (κ3) is 3.64. The molecule has 24 heavy (non-hydrogen) atoms. The summed E-state index contributed by atoms with van der Waals surface area (Å²) < 4.78 is 2.41. The van der Waals surface area contributed by atoms with E-state index < -0.39 is 0 Å². The Bertz CT molecular complexity index is 809. The van der Waals surface area contributed by atoms with Crippen LogP contribution in [0.1, 0.15) is 36.8 Å². The quantitative estimate of drug-likeness (QED) is 0.439. The molecule has 0 saturated carbocycles. The molecular weight excluding hydrogens is 314 g/mol. The van der Waals surface area contributed by atoms with Crippen molar-refractivity contribution >= 4 is 22.8 Å². The molecular formula is C20H25N3S. The lowest BCUT2D eigenvalue weighted by Crippen LogP contribution is -2.05. The van der Waals surface area contributed by atoms with Crippen LogP contribution in [0.5, 0.6) is 0 Å². The van der Waals surface area contributed by atoms with Crippen LogP contribution in [0.15, 0.2) is 41.4 Å². The Morgan fingerprint density at radius 3 is 2.62 bits per heavy atom. The number of aromatic nitrogens is 3. The minimum atomic E-state index is 0.964. The molecule has 0 bridgehead atoms. The zero-order valence-electron chi connectivity index (χ0n) is 14.7. The SMILES string of the molecule is CCc1nc2cnc(C)c(C)c2n1CCCCSc1ccccc1. The van der Waals surface area contributed by atoms with Gasteiger partial charge in [-0.3, -0.25) is 4.98 Å². The summed E-state index contributed by atoms with van der Waals surface area (Å²) in [6.07, 6.45) is 5.27. The predicted octanol–water partition coefficient (Wildman–Crippen LogP) is 5.18. The average Bonchev–Trinajstić information content (AvgIpc) is 2.97. The summed E-state index contributed by atoms with van der Waals surface area (Å²) in [4.78, 5) is 10.6. The first kappa shape index (κ1) is 17.0. The maximum absolute atomic E-state index is 4.77. The molecule has 0 spiro atoms. The fourth-order valence-corrected chi connectivity index (χ4v) is 3.95. The molecule has 0 aliphatic rings. The zero-order valence-corrected chi connectivity index (χ0v) is 15.6. The first-order valence-electron chi connectivity index (χ1n) is 8.70. The average molecular weight is 340 g/mol. The second-order valence-corrected chi connectivity index (χ2v) is 7.27. The third-order valence-corrected chi connectivity index (χ3v) is 5.55. The fourth-order valence-electron chi connectivity index (χ4n) is 3.02. The molecule has 0 N–H and O–H groups in total. The van der Waals surface area contributed by atoms with Gasteiger partial charge >= 0.3 is 0 Å². The summed E-state index contributed by atoms with van der Waals surface area (Å²) in [6.45, 7) is 7.46. The molecule has 0 fully saturated rings. The van der Waals surface area contributed by atoms with Crippen molar-refractivity contribution in [2.24, 2.45) is 0 Å². The number of rotatable bonds is 7. The zero-order chi connectivity index (χ0) is 16.9. The summed E-state index contributed by atoms with van der Waals surface area (Å²) in [7, 11) is 0. The molecule has 0 atom stereocenters. The Kier molecular flexibility index (Phi) is 5.56. The lowest BCUT2D eigenvalue weighted by molar-refractivity contribution is 0.621. The molecule has 0 aliphatic carbocycles. The number of fused-ring (bicyclic) bond motifs is 1. The van der Waals surface area contributed by atoms with Crippen molar-refractivity contribution in [2.45, 2.75) is 51.5 Å². The number of aryl methyl sites for hydroxylation is 4. The van der Waals surface area contributed by atoms with Crippen molar-refractivity contribution in [3.05, 3.63) is 53.6 Å². The fraction of sp³-hybridized carbons (Fsp3) is 0.400. The van der Waals surface area contributed by atoms with E-state index in [4.69, 9.17) is 4.98 Å². The first-order valence-corrected chi connectivity index (χ1v) is 9.68. The molecule has 3 rings (SSSR count). The number of nitrogens with zero attached hydrogens (tertiary/aromatic N) is 3. The minimum absolute atomic E-state index is 0.964. The van der Waals surface area contributed by atoms with Gasteiger partial charge in [0, 0.05) is 23.6 Å². The number of imidazole rings is 1. The van der Waals surface area contributed by atoms with E-state index in [1.165, 1.54) is 34.6 Å². The van der Waals surface area contributed by atoms with Gasteiger partial charge in [0.05, 0.1) is 11.7 Å². The van der Waals surface area contributed by atoms with E-state index in [1.807, 2.05) is 18.0 Å². The van der Waals surface area contributed by atoms with Crippen LogP contribution in [0.3, 0.4) is 0 Å². The van der Waals surface area contributed by atoms with E-state index in [9.17, 15) is 0 Å². The van der Waals surface area contributed by atoms with Crippen LogP contribution >= 0.6 is 11.8 Å². The van der Waals surface area contributed by atoms with Gasteiger partial charge in [0.15, 0.2) is 0 Å². The molecule has 126 valence electrons. The van der Waals surface area contributed by atoms with Gasteiger partial charge < -0.3 is 4.57 Å². The highest BCUT2D eigenvalue weighted by Crippen LogP contribution is 2.23. The van der Waals surface area contributed by atoms with Gasteiger partial charge in [-0.15, -0.1) is 11.8 Å². The van der Waals surface area contributed by atoms with E-state index in [-0.39, 0.29) is 0 Å². The predicted molar refractivity (Wildman–Crippen MR) is 103 cm³/mol. The van der Waals surface area contributed by atoms with Gasteiger partial charge in [-0.2, -0.15) is 0 Å². The normalized spacial score (nSPS) is 11.3. The van der Waals surface area contributed by atoms with Crippen molar-refractivity contribution in [1.29, 1.82) is 0 Å². The number of pyridine rings is 1. The van der Waals surface area contributed by atoms with Crippen LogP contribution in [-0.4, -0.2) is 20.3 Å². The minimum Gasteiger partial charge on any atom is -0.328 e. The number of benzene rings is 1. The molecule has 0 amide bonds. The highest BCUT2D eigenvalue weighted by atomic mass is 32.2. The van der Waals surface area contributed by atoms with E-state index in [1.54, 1.807) is 0 Å². The van der Waals surface area contributed by atoms with Crippen LogP contribution < -0.4 is 0 Å². The van der Waals surface area contributed by atoms with E-state index >= 15 is 0 Å². The summed E-state index contributed by atoms with van der Waals surface area (Å²) in [5.41, 5.74) is 4.67. The number of hydrogen-bond acceptors (Lipinski definition) is 3. The number of unbranched alkanes of at least 4 members (excludes halogenated alkanes) is 1. The molecule has 0 radical (unpaired) electrons. The lowest BCUT2D eigenvalue weighted by atomic mass is 10.2. The molecule has 0 saturated heterocycles.